The van der Waals surface area contributed by atoms with Crippen LogP contribution in [0.4, 0.5) is 18.0 Å². The summed E-state index contributed by atoms with van der Waals surface area (Å²) in [7, 11) is 0. The lowest BCUT2D eigenvalue weighted by molar-refractivity contribution is -0.192. The van der Waals surface area contributed by atoms with E-state index in [1.54, 1.807) is 0 Å². The number of hydrogen-bond donors (Lipinski definition) is 3. The Labute approximate surface area is 95.0 Å². The highest BCUT2D eigenvalue weighted by molar-refractivity contribution is 5.73. The van der Waals surface area contributed by atoms with Crippen LogP contribution in [-0.2, 0) is 4.79 Å². The van der Waals surface area contributed by atoms with Crippen LogP contribution in [0, 0.1) is 0 Å². The first kappa shape index (κ1) is 15.5. The van der Waals surface area contributed by atoms with Gasteiger partial charge in [0, 0.05) is 25.7 Å². The van der Waals surface area contributed by atoms with Crippen LogP contribution in [0.15, 0.2) is 0 Å². The molecule has 100 valence electrons. The van der Waals surface area contributed by atoms with Gasteiger partial charge in [-0.15, -0.1) is 0 Å². The molecule has 0 spiro atoms. The molecule has 1 fully saturated rings. The number of carboxylic acids is 1. The molecule has 17 heavy (non-hydrogen) atoms. The van der Waals surface area contributed by atoms with Gasteiger partial charge < -0.3 is 20.4 Å². The molecule has 1 rings (SSSR count). The van der Waals surface area contributed by atoms with Gasteiger partial charge in [0.1, 0.15) is 0 Å². The molecule has 0 radical (unpaired) electrons. The molecule has 1 aliphatic heterocycles. The van der Waals surface area contributed by atoms with Gasteiger partial charge in [0.05, 0.1) is 0 Å². The van der Waals surface area contributed by atoms with Crippen LogP contribution in [0.1, 0.15) is 6.92 Å². The van der Waals surface area contributed by atoms with Gasteiger partial charge in [0.25, 0.3) is 0 Å². The Morgan fingerprint density at radius 1 is 1.35 bits per heavy atom. The fourth-order valence-corrected chi connectivity index (χ4v) is 1.13. The minimum absolute atomic E-state index is 0.117. The summed E-state index contributed by atoms with van der Waals surface area (Å²) in [5.41, 5.74) is 0. The van der Waals surface area contributed by atoms with E-state index in [0.29, 0.717) is 6.54 Å². The van der Waals surface area contributed by atoms with Crippen LogP contribution in [0.3, 0.4) is 0 Å². The zero-order chi connectivity index (χ0) is 13.6. The third-order valence-corrected chi connectivity index (χ3v) is 1.99. The van der Waals surface area contributed by atoms with Crippen LogP contribution < -0.4 is 5.32 Å². The van der Waals surface area contributed by atoms with Gasteiger partial charge in [-0.05, 0) is 6.92 Å². The van der Waals surface area contributed by atoms with E-state index in [-0.39, 0.29) is 6.04 Å². The van der Waals surface area contributed by atoms with E-state index in [0.717, 1.165) is 13.1 Å². The van der Waals surface area contributed by atoms with Crippen molar-refractivity contribution >= 4 is 12.1 Å². The lowest BCUT2D eigenvalue weighted by Crippen LogP contribution is -2.51. The maximum Gasteiger partial charge on any atom is 0.490 e. The van der Waals surface area contributed by atoms with E-state index in [9.17, 15) is 18.0 Å². The maximum absolute atomic E-state index is 10.6. The topological polar surface area (TPSA) is 89.9 Å². The number of rotatable bonds is 0. The Balaban J connectivity index is 0.000000325. The predicted octanol–water partition coefficient (Wildman–Crippen LogP) is 0.591. The number of hydrogen-bond acceptors (Lipinski definition) is 3. The molecule has 0 unspecified atom stereocenters. The predicted molar refractivity (Wildman–Crippen MR) is 50.8 cm³/mol. The average Bonchev–Trinajstić information content (AvgIpc) is 2.17. The highest BCUT2D eigenvalue weighted by Gasteiger charge is 2.38. The zero-order valence-electron chi connectivity index (χ0n) is 8.99. The molecule has 0 aromatic rings. The summed E-state index contributed by atoms with van der Waals surface area (Å²) in [6.07, 6.45) is -5.89. The van der Waals surface area contributed by atoms with Crippen molar-refractivity contribution in [2.24, 2.45) is 0 Å². The minimum atomic E-state index is -5.08. The quantitative estimate of drug-likeness (QED) is 0.591. The largest absolute Gasteiger partial charge is 0.490 e. The van der Waals surface area contributed by atoms with Crippen molar-refractivity contribution in [3.05, 3.63) is 0 Å². The molecular formula is C8H13F3N2O4. The van der Waals surface area contributed by atoms with Crippen molar-refractivity contribution < 1.29 is 33.0 Å². The SMILES string of the molecule is C[C@H]1CNCCN1C(=O)O.O=C(O)C(F)(F)F. The van der Waals surface area contributed by atoms with Crippen LogP contribution in [0.25, 0.3) is 0 Å². The maximum atomic E-state index is 10.6. The van der Waals surface area contributed by atoms with Crippen LogP contribution in [0.5, 0.6) is 0 Å². The monoisotopic (exact) mass is 258 g/mol. The van der Waals surface area contributed by atoms with E-state index < -0.39 is 18.2 Å². The summed E-state index contributed by atoms with van der Waals surface area (Å²) in [5.74, 6) is -2.76. The lowest BCUT2D eigenvalue weighted by Gasteiger charge is -2.31. The highest BCUT2D eigenvalue weighted by atomic mass is 19.4. The molecule has 6 nitrogen and oxygen atoms in total. The molecule has 1 aliphatic rings. The van der Waals surface area contributed by atoms with Crippen molar-refractivity contribution in [3.8, 4) is 0 Å². The van der Waals surface area contributed by atoms with Gasteiger partial charge in [0.15, 0.2) is 0 Å². The molecular weight excluding hydrogens is 245 g/mol. The second-order valence-electron chi connectivity index (χ2n) is 3.33. The first-order valence-electron chi connectivity index (χ1n) is 4.66. The molecule has 0 aliphatic carbocycles. The van der Waals surface area contributed by atoms with Crippen LogP contribution in [0.2, 0.25) is 0 Å². The first-order valence-corrected chi connectivity index (χ1v) is 4.66. The normalized spacial score (nSPS) is 20.2. The zero-order valence-corrected chi connectivity index (χ0v) is 8.99. The highest BCUT2D eigenvalue weighted by Crippen LogP contribution is 2.13. The van der Waals surface area contributed by atoms with Gasteiger partial charge in [-0.2, -0.15) is 13.2 Å². The van der Waals surface area contributed by atoms with E-state index in [2.05, 4.69) is 5.32 Å². The standard InChI is InChI=1S/C6H12N2O2.C2HF3O2/c1-5-4-7-2-3-8(5)6(9)10;3-2(4,5)1(6)7/h5,7H,2-4H2,1H3,(H,9,10);(H,6,7)/t5-;/m0./s1. The molecule has 1 atom stereocenters. The third kappa shape index (κ3) is 5.95. The molecule has 3 N–H and O–H groups in total. The number of nitrogens with zero attached hydrogens (tertiary/aromatic N) is 1. The Bertz CT molecular complexity index is 282. The molecule has 9 heteroatoms. The number of amides is 1. The van der Waals surface area contributed by atoms with E-state index in [1.807, 2.05) is 6.92 Å². The number of carbonyl (C=O) groups is 2. The van der Waals surface area contributed by atoms with Gasteiger partial charge in [-0.3, -0.25) is 0 Å². The molecule has 0 saturated carbocycles. The second-order valence-corrected chi connectivity index (χ2v) is 3.33. The number of piperazine rings is 1. The number of alkyl halides is 3. The fraction of sp³-hybridized carbons (Fsp3) is 0.750. The molecule has 0 bridgehead atoms. The van der Waals surface area contributed by atoms with Crippen LogP contribution >= 0.6 is 0 Å². The smallest absolute Gasteiger partial charge is 0.475 e. The van der Waals surface area contributed by atoms with E-state index in [4.69, 9.17) is 15.0 Å². The van der Waals surface area contributed by atoms with E-state index in [1.165, 1.54) is 4.90 Å². The molecule has 0 aromatic carbocycles. The first-order chi connectivity index (χ1) is 7.66. The Morgan fingerprint density at radius 3 is 2.06 bits per heavy atom. The summed E-state index contributed by atoms with van der Waals surface area (Å²) in [5, 5.41) is 18.8. The Hall–Kier alpha value is -1.51. The van der Waals surface area contributed by atoms with E-state index >= 15 is 0 Å². The Morgan fingerprint density at radius 2 is 1.82 bits per heavy atom. The number of aliphatic carboxylic acids is 1. The molecule has 0 aromatic heterocycles. The number of carboxylic acid groups (broad SMARTS) is 2. The van der Waals surface area contributed by atoms with Gasteiger partial charge >= 0.3 is 18.2 Å². The van der Waals surface area contributed by atoms with Gasteiger partial charge in [0.2, 0.25) is 0 Å². The van der Waals surface area contributed by atoms with Crippen LogP contribution in [-0.4, -0.2) is 59.0 Å². The summed E-state index contributed by atoms with van der Waals surface area (Å²) in [6.45, 7) is 4.06. The van der Waals surface area contributed by atoms with Crippen molar-refractivity contribution in [1.82, 2.24) is 10.2 Å². The number of halogens is 3. The van der Waals surface area contributed by atoms with Crippen molar-refractivity contribution in [1.29, 1.82) is 0 Å². The van der Waals surface area contributed by atoms with Gasteiger partial charge in [-0.25, -0.2) is 9.59 Å². The van der Waals surface area contributed by atoms with Crippen molar-refractivity contribution in [3.63, 3.8) is 0 Å². The van der Waals surface area contributed by atoms with Crippen molar-refractivity contribution in [2.75, 3.05) is 19.6 Å². The minimum Gasteiger partial charge on any atom is -0.475 e. The molecule has 1 amide bonds. The summed E-state index contributed by atoms with van der Waals surface area (Å²) in [4.78, 5) is 20.8. The summed E-state index contributed by atoms with van der Waals surface area (Å²) < 4.78 is 31.7. The Kier molecular flexibility index (Phi) is 5.72. The molecule has 1 heterocycles. The fourth-order valence-electron chi connectivity index (χ4n) is 1.13. The molecule has 1 saturated heterocycles. The van der Waals surface area contributed by atoms with Crippen molar-refractivity contribution in [2.45, 2.75) is 19.1 Å². The lowest BCUT2D eigenvalue weighted by atomic mass is 10.2. The average molecular weight is 258 g/mol. The second kappa shape index (κ2) is 6.28. The third-order valence-electron chi connectivity index (χ3n) is 1.99. The summed E-state index contributed by atoms with van der Waals surface area (Å²) in [6, 6.07) is 0.117. The van der Waals surface area contributed by atoms with Gasteiger partial charge in [-0.1, -0.05) is 0 Å². The number of nitrogens with one attached hydrogen (secondary N) is 1. The summed E-state index contributed by atoms with van der Waals surface area (Å²) >= 11 is 0.